The number of nitrogens with zero attached hydrogens (tertiary/aromatic N) is 1. The highest BCUT2D eigenvalue weighted by Gasteiger charge is 2.21. The molecule has 0 amide bonds. The third-order valence-corrected chi connectivity index (χ3v) is 4.42. The Labute approximate surface area is 123 Å². The van der Waals surface area contributed by atoms with Crippen LogP contribution in [0, 0.1) is 0 Å². The van der Waals surface area contributed by atoms with Crippen LogP contribution in [0.1, 0.15) is 18.0 Å². The monoisotopic (exact) mass is 304 g/mol. The van der Waals surface area contributed by atoms with Gasteiger partial charge < -0.3 is 10.1 Å². The van der Waals surface area contributed by atoms with Gasteiger partial charge in [-0.1, -0.05) is 18.2 Å². The molecule has 3 rings (SSSR count). The van der Waals surface area contributed by atoms with Gasteiger partial charge in [0, 0.05) is 18.2 Å². The molecule has 0 bridgehead atoms. The molecule has 1 aliphatic rings. The van der Waals surface area contributed by atoms with Gasteiger partial charge in [0.1, 0.15) is 5.75 Å². The first-order valence-corrected chi connectivity index (χ1v) is 8.57. The number of hydrogen-bond acceptors (Lipinski definition) is 5. The number of para-hydroxylation sites is 1. The van der Waals surface area contributed by atoms with Crippen LogP contribution in [0.4, 0.5) is 5.69 Å². The van der Waals surface area contributed by atoms with E-state index in [0.29, 0.717) is 6.61 Å². The molecule has 0 spiro atoms. The number of nitrogens with one attached hydrogen (secondary N) is 1. The minimum Gasteiger partial charge on any atom is -0.493 e. The van der Waals surface area contributed by atoms with Crippen molar-refractivity contribution in [1.82, 2.24) is 4.98 Å². The second-order valence-electron chi connectivity index (χ2n) is 5.03. The van der Waals surface area contributed by atoms with E-state index in [1.807, 2.05) is 24.3 Å². The van der Waals surface area contributed by atoms with Crippen LogP contribution in [-0.2, 0) is 9.84 Å². The molecule has 1 N–H and O–H groups in total. The molecular formula is C15H16N2O3S. The summed E-state index contributed by atoms with van der Waals surface area (Å²) < 4.78 is 28.4. The number of hydrogen-bond donors (Lipinski definition) is 1. The summed E-state index contributed by atoms with van der Waals surface area (Å²) in [4.78, 5) is 3.99. The van der Waals surface area contributed by atoms with Crippen molar-refractivity contribution in [1.29, 1.82) is 0 Å². The van der Waals surface area contributed by atoms with E-state index in [-0.39, 0.29) is 11.1 Å². The maximum atomic E-state index is 11.4. The maximum absolute atomic E-state index is 11.4. The zero-order valence-electron chi connectivity index (χ0n) is 11.6. The lowest BCUT2D eigenvalue weighted by Crippen LogP contribution is -2.20. The molecule has 1 aliphatic heterocycles. The molecule has 0 fully saturated rings. The first-order valence-electron chi connectivity index (χ1n) is 6.68. The molecule has 0 saturated heterocycles. The zero-order chi connectivity index (χ0) is 14.9. The lowest BCUT2D eigenvalue weighted by Gasteiger charge is -2.27. The molecule has 5 nitrogen and oxygen atoms in total. The second-order valence-corrected chi connectivity index (χ2v) is 6.99. The Morgan fingerprint density at radius 3 is 2.76 bits per heavy atom. The van der Waals surface area contributed by atoms with E-state index in [4.69, 9.17) is 4.74 Å². The Kier molecular flexibility index (Phi) is 3.55. The standard InChI is InChI=1S/C15H16N2O3S/c1-21(18,19)15-7-6-11(10-16-15)17-13-8-9-20-14-5-3-2-4-12(13)14/h2-7,10,13,17H,8-9H2,1H3. The van der Waals surface area contributed by atoms with Crippen LogP contribution in [0.5, 0.6) is 5.75 Å². The van der Waals surface area contributed by atoms with Gasteiger partial charge in [-0.15, -0.1) is 0 Å². The first kappa shape index (κ1) is 13.9. The molecule has 1 aromatic heterocycles. The summed E-state index contributed by atoms with van der Waals surface area (Å²) in [7, 11) is -3.26. The molecule has 1 aromatic carbocycles. The van der Waals surface area contributed by atoms with E-state index in [9.17, 15) is 8.42 Å². The number of pyridine rings is 1. The predicted molar refractivity (Wildman–Crippen MR) is 80.3 cm³/mol. The second kappa shape index (κ2) is 5.37. The number of anilines is 1. The number of rotatable bonds is 3. The lowest BCUT2D eigenvalue weighted by molar-refractivity contribution is 0.274. The van der Waals surface area contributed by atoms with Crippen LogP contribution in [0.2, 0.25) is 0 Å². The van der Waals surface area contributed by atoms with Gasteiger partial charge in [0.25, 0.3) is 0 Å². The van der Waals surface area contributed by atoms with Gasteiger partial charge in [0.05, 0.1) is 24.5 Å². The summed E-state index contributed by atoms with van der Waals surface area (Å²) >= 11 is 0. The Morgan fingerprint density at radius 2 is 2.05 bits per heavy atom. The van der Waals surface area contributed by atoms with Crippen LogP contribution < -0.4 is 10.1 Å². The fourth-order valence-corrected chi connectivity index (χ4v) is 2.94. The maximum Gasteiger partial charge on any atom is 0.192 e. The molecule has 6 heteroatoms. The van der Waals surface area contributed by atoms with E-state index >= 15 is 0 Å². The smallest absolute Gasteiger partial charge is 0.192 e. The molecular weight excluding hydrogens is 288 g/mol. The summed E-state index contributed by atoms with van der Waals surface area (Å²) in [5.41, 5.74) is 1.90. The Hall–Kier alpha value is -2.08. The van der Waals surface area contributed by atoms with E-state index < -0.39 is 9.84 Å². The predicted octanol–water partition coefficient (Wildman–Crippen LogP) is 2.42. The van der Waals surface area contributed by atoms with Gasteiger partial charge in [-0.25, -0.2) is 13.4 Å². The third kappa shape index (κ3) is 3.00. The number of aromatic nitrogens is 1. The van der Waals surface area contributed by atoms with Crippen molar-refractivity contribution in [3.05, 3.63) is 48.2 Å². The van der Waals surface area contributed by atoms with E-state index in [1.165, 1.54) is 6.07 Å². The molecule has 0 saturated carbocycles. The van der Waals surface area contributed by atoms with E-state index in [2.05, 4.69) is 10.3 Å². The van der Waals surface area contributed by atoms with E-state index in [1.54, 1.807) is 12.3 Å². The highest BCUT2D eigenvalue weighted by Crippen LogP contribution is 2.33. The number of benzene rings is 1. The molecule has 2 heterocycles. The summed E-state index contributed by atoms with van der Waals surface area (Å²) in [5, 5.41) is 3.46. The van der Waals surface area contributed by atoms with Gasteiger partial charge in [0.15, 0.2) is 14.9 Å². The van der Waals surface area contributed by atoms with E-state index in [0.717, 1.165) is 29.7 Å². The molecule has 21 heavy (non-hydrogen) atoms. The third-order valence-electron chi connectivity index (χ3n) is 3.42. The van der Waals surface area contributed by atoms with Crippen molar-refractivity contribution < 1.29 is 13.2 Å². The Morgan fingerprint density at radius 1 is 1.24 bits per heavy atom. The number of ether oxygens (including phenoxy) is 1. The summed E-state index contributed by atoms with van der Waals surface area (Å²) in [5.74, 6) is 0.891. The molecule has 0 aliphatic carbocycles. The van der Waals surface area contributed by atoms with Crippen molar-refractivity contribution in [3.63, 3.8) is 0 Å². The van der Waals surface area contributed by atoms with Crippen LogP contribution in [0.15, 0.2) is 47.6 Å². The van der Waals surface area contributed by atoms with Crippen molar-refractivity contribution in [2.75, 3.05) is 18.2 Å². The number of fused-ring (bicyclic) bond motifs is 1. The summed E-state index contributed by atoms with van der Waals surface area (Å²) in [6.45, 7) is 0.656. The Balaban J connectivity index is 1.82. The van der Waals surface area contributed by atoms with Gasteiger partial charge in [-0.3, -0.25) is 0 Å². The average molecular weight is 304 g/mol. The van der Waals surface area contributed by atoms with Crippen molar-refractivity contribution in [3.8, 4) is 5.75 Å². The van der Waals surface area contributed by atoms with Crippen LogP contribution in [0.25, 0.3) is 0 Å². The minimum atomic E-state index is -3.26. The van der Waals surface area contributed by atoms with Crippen molar-refractivity contribution >= 4 is 15.5 Å². The lowest BCUT2D eigenvalue weighted by atomic mass is 10.0. The fourth-order valence-electron chi connectivity index (χ4n) is 2.38. The van der Waals surface area contributed by atoms with Crippen molar-refractivity contribution in [2.24, 2.45) is 0 Å². The summed E-state index contributed by atoms with van der Waals surface area (Å²) in [6, 6.07) is 11.3. The molecule has 1 unspecified atom stereocenters. The largest absolute Gasteiger partial charge is 0.493 e. The highest BCUT2D eigenvalue weighted by molar-refractivity contribution is 7.90. The molecule has 2 aromatic rings. The fraction of sp³-hybridized carbons (Fsp3) is 0.267. The SMILES string of the molecule is CS(=O)(=O)c1ccc(NC2CCOc3ccccc32)cn1. The van der Waals surface area contributed by atoms with Gasteiger partial charge in [-0.05, 0) is 18.2 Å². The van der Waals surface area contributed by atoms with Gasteiger partial charge >= 0.3 is 0 Å². The van der Waals surface area contributed by atoms with Gasteiger partial charge in [0.2, 0.25) is 0 Å². The number of sulfone groups is 1. The van der Waals surface area contributed by atoms with Crippen LogP contribution in [0.3, 0.4) is 0 Å². The Bertz CT molecular complexity index is 742. The van der Waals surface area contributed by atoms with Crippen molar-refractivity contribution in [2.45, 2.75) is 17.5 Å². The van der Waals surface area contributed by atoms with Crippen LogP contribution in [-0.4, -0.2) is 26.3 Å². The first-order chi connectivity index (χ1) is 10.0. The topological polar surface area (TPSA) is 68.3 Å². The zero-order valence-corrected chi connectivity index (χ0v) is 12.4. The average Bonchev–Trinajstić information content (AvgIpc) is 2.47. The normalized spacial score (nSPS) is 17.7. The minimum absolute atomic E-state index is 0.0837. The highest BCUT2D eigenvalue weighted by atomic mass is 32.2. The quantitative estimate of drug-likeness (QED) is 0.943. The molecule has 1 atom stereocenters. The summed E-state index contributed by atoms with van der Waals surface area (Å²) in [6.07, 6.45) is 3.55. The van der Waals surface area contributed by atoms with Crippen LogP contribution >= 0.6 is 0 Å². The van der Waals surface area contributed by atoms with Gasteiger partial charge in [-0.2, -0.15) is 0 Å². The molecule has 110 valence electrons. The molecule has 0 radical (unpaired) electrons.